The summed E-state index contributed by atoms with van der Waals surface area (Å²) in [4.78, 5) is 7.49. The van der Waals surface area contributed by atoms with E-state index in [2.05, 4.69) is 35.8 Å². The largest absolute Gasteiger partial charge is 0.329 e. The summed E-state index contributed by atoms with van der Waals surface area (Å²) in [5, 5.41) is 0. The van der Waals surface area contributed by atoms with Gasteiger partial charge in [-0.3, -0.25) is 4.90 Å². The lowest BCUT2D eigenvalue weighted by Crippen LogP contribution is -2.59. The van der Waals surface area contributed by atoms with Crippen molar-refractivity contribution in [2.75, 3.05) is 53.9 Å². The maximum Gasteiger partial charge on any atom is 0.0353 e. The number of likely N-dealkylation sites (tertiary alicyclic amines) is 2. The highest BCUT2D eigenvalue weighted by molar-refractivity contribution is 4.96. The lowest BCUT2D eigenvalue weighted by molar-refractivity contribution is 0.0392. The molecule has 0 saturated carbocycles. The summed E-state index contributed by atoms with van der Waals surface area (Å²) in [6, 6.07) is 0.734. The van der Waals surface area contributed by atoms with E-state index < -0.39 is 0 Å². The SMILES string of the molecule is CN1CCC(CN)(N(C)CC2CCCN2C)CC1. The van der Waals surface area contributed by atoms with E-state index in [0.29, 0.717) is 0 Å². The van der Waals surface area contributed by atoms with Gasteiger partial charge in [0.15, 0.2) is 0 Å². The second kappa shape index (κ2) is 5.87. The topological polar surface area (TPSA) is 35.7 Å². The molecule has 1 atom stereocenters. The van der Waals surface area contributed by atoms with Crippen molar-refractivity contribution in [3.05, 3.63) is 0 Å². The van der Waals surface area contributed by atoms with Crippen LogP contribution in [0.5, 0.6) is 0 Å². The molecule has 0 aromatic carbocycles. The molecule has 2 aliphatic heterocycles. The Labute approximate surface area is 112 Å². The molecule has 2 aliphatic rings. The first-order valence-electron chi connectivity index (χ1n) is 7.37. The Kier molecular flexibility index (Phi) is 4.64. The molecule has 1 unspecified atom stereocenters. The fourth-order valence-corrected chi connectivity index (χ4v) is 3.50. The van der Waals surface area contributed by atoms with Crippen LogP contribution < -0.4 is 5.73 Å². The minimum absolute atomic E-state index is 0.246. The molecule has 0 amide bonds. The Morgan fingerprint density at radius 1 is 1.22 bits per heavy atom. The minimum Gasteiger partial charge on any atom is -0.329 e. The van der Waals surface area contributed by atoms with Crippen LogP contribution in [0.2, 0.25) is 0 Å². The van der Waals surface area contributed by atoms with Crippen LogP contribution in [0.1, 0.15) is 25.7 Å². The molecule has 4 heteroatoms. The van der Waals surface area contributed by atoms with Crippen LogP contribution >= 0.6 is 0 Å². The maximum absolute atomic E-state index is 6.12. The van der Waals surface area contributed by atoms with Crippen LogP contribution in [-0.4, -0.2) is 80.1 Å². The number of hydrogen-bond acceptors (Lipinski definition) is 4. The summed E-state index contributed by atoms with van der Waals surface area (Å²) < 4.78 is 0. The predicted molar refractivity (Wildman–Crippen MR) is 76.8 cm³/mol. The van der Waals surface area contributed by atoms with Gasteiger partial charge in [-0.05, 0) is 66.5 Å². The van der Waals surface area contributed by atoms with Crippen molar-refractivity contribution in [1.29, 1.82) is 0 Å². The van der Waals surface area contributed by atoms with Crippen LogP contribution in [0, 0.1) is 0 Å². The Morgan fingerprint density at radius 3 is 2.39 bits per heavy atom. The van der Waals surface area contributed by atoms with Gasteiger partial charge in [0.2, 0.25) is 0 Å². The van der Waals surface area contributed by atoms with E-state index >= 15 is 0 Å². The molecule has 2 N–H and O–H groups in total. The average Bonchev–Trinajstić information content (AvgIpc) is 2.76. The summed E-state index contributed by atoms with van der Waals surface area (Å²) in [6.45, 7) is 5.60. The van der Waals surface area contributed by atoms with Crippen LogP contribution in [-0.2, 0) is 0 Å². The van der Waals surface area contributed by atoms with Crippen molar-refractivity contribution in [1.82, 2.24) is 14.7 Å². The van der Waals surface area contributed by atoms with Crippen molar-refractivity contribution in [2.45, 2.75) is 37.3 Å². The second-order valence-corrected chi connectivity index (χ2v) is 6.39. The van der Waals surface area contributed by atoms with E-state index in [-0.39, 0.29) is 5.54 Å². The lowest BCUT2D eigenvalue weighted by Gasteiger charge is -2.47. The number of hydrogen-bond donors (Lipinski definition) is 1. The van der Waals surface area contributed by atoms with Crippen LogP contribution in [0.15, 0.2) is 0 Å². The first-order valence-corrected chi connectivity index (χ1v) is 7.37. The summed E-state index contributed by atoms with van der Waals surface area (Å²) in [6.07, 6.45) is 5.13. The third kappa shape index (κ3) is 2.87. The Bertz CT molecular complexity index is 261. The molecular formula is C14H30N4. The van der Waals surface area contributed by atoms with E-state index in [0.717, 1.165) is 12.6 Å². The molecule has 0 aromatic heterocycles. The summed E-state index contributed by atoms with van der Waals surface area (Å²) in [7, 11) is 6.75. The van der Waals surface area contributed by atoms with Crippen molar-refractivity contribution in [3.8, 4) is 0 Å². The highest BCUT2D eigenvalue weighted by Crippen LogP contribution is 2.28. The van der Waals surface area contributed by atoms with Gasteiger partial charge in [0.1, 0.15) is 0 Å². The Hall–Kier alpha value is -0.160. The molecule has 2 fully saturated rings. The molecule has 2 rings (SSSR count). The van der Waals surface area contributed by atoms with Crippen molar-refractivity contribution in [3.63, 3.8) is 0 Å². The minimum atomic E-state index is 0.246. The van der Waals surface area contributed by atoms with Gasteiger partial charge in [0.05, 0.1) is 0 Å². The smallest absolute Gasteiger partial charge is 0.0353 e. The first kappa shape index (κ1) is 14.3. The normalized spacial score (nSPS) is 30.2. The summed E-state index contributed by atoms with van der Waals surface area (Å²) >= 11 is 0. The first-order chi connectivity index (χ1) is 8.57. The molecule has 0 aromatic rings. The van der Waals surface area contributed by atoms with E-state index in [1.807, 2.05) is 0 Å². The number of nitrogens with zero attached hydrogens (tertiary/aromatic N) is 3. The van der Waals surface area contributed by atoms with Crippen molar-refractivity contribution >= 4 is 0 Å². The quantitative estimate of drug-likeness (QED) is 0.789. The molecular weight excluding hydrogens is 224 g/mol. The fourth-order valence-electron chi connectivity index (χ4n) is 3.50. The summed E-state index contributed by atoms with van der Waals surface area (Å²) in [5.74, 6) is 0. The second-order valence-electron chi connectivity index (χ2n) is 6.39. The van der Waals surface area contributed by atoms with Crippen molar-refractivity contribution in [2.24, 2.45) is 5.73 Å². The van der Waals surface area contributed by atoms with Gasteiger partial charge in [-0.25, -0.2) is 0 Å². The highest BCUT2D eigenvalue weighted by Gasteiger charge is 2.37. The van der Waals surface area contributed by atoms with Crippen LogP contribution in [0.3, 0.4) is 0 Å². The van der Waals surface area contributed by atoms with Gasteiger partial charge in [0, 0.05) is 24.7 Å². The van der Waals surface area contributed by atoms with Gasteiger partial charge < -0.3 is 15.5 Å². The third-order valence-electron chi connectivity index (χ3n) is 5.26. The van der Waals surface area contributed by atoms with Crippen molar-refractivity contribution < 1.29 is 0 Å². The standard InChI is InChI=1S/C14H30N4/c1-16-9-6-14(12-15,7-10-16)18(3)11-13-5-4-8-17(13)2/h13H,4-12,15H2,1-3H3. The van der Waals surface area contributed by atoms with Gasteiger partial charge in [-0.1, -0.05) is 0 Å². The zero-order chi connectivity index (χ0) is 13.2. The van der Waals surface area contributed by atoms with Gasteiger partial charge >= 0.3 is 0 Å². The van der Waals surface area contributed by atoms with E-state index in [1.165, 1.54) is 51.9 Å². The van der Waals surface area contributed by atoms with Gasteiger partial charge in [0.25, 0.3) is 0 Å². The summed E-state index contributed by atoms with van der Waals surface area (Å²) in [5.41, 5.74) is 6.37. The molecule has 0 aliphatic carbocycles. The number of piperidine rings is 1. The van der Waals surface area contributed by atoms with E-state index in [4.69, 9.17) is 5.73 Å². The number of likely N-dealkylation sites (N-methyl/N-ethyl adjacent to an activating group) is 2. The van der Waals surface area contributed by atoms with Crippen LogP contribution in [0.4, 0.5) is 0 Å². The Morgan fingerprint density at radius 2 is 1.89 bits per heavy atom. The zero-order valence-corrected chi connectivity index (χ0v) is 12.4. The molecule has 0 bridgehead atoms. The monoisotopic (exact) mass is 254 g/mol. The maximum atomic E-state index is 6.12. The molecule has 18 heavy (non-hydrogen) atoms. The Balaban J connectivity index is 1.94. The predicted octanol–water partition coefficient (Wildman–Crippen LogP) is 0.436. The molecule has 4 nitrogen and oxygen atoms in total. The molecule has 0 radical (unpaired) electrons. The van der Waals surface area contributed by atoms with Crippen LogP contribution in [0.25, 0.3) is 0 Å². The third-order valence-corrected chi connectivity index (χ3v) is 5.26. The number of rotatable bonds is 4. The number of nitrogens with two attached hydrogens (primary N) is 1. The fraction of sp³-hybridized carbons (Fsp3) is 1.00. The zero-order valence-electron chi connectivity index (χ0n) is 12.4. The molecule has 2 saturated heterocycles. The average molecular weight is 254 g/mol. The molecule has 2 heterocycles. The highest BCUT2D eigenvalue weighted by atomic mass is 15.3. The molecule has 106 valence electrons. The van der Waals surface area contributed by atoms with E-state index in [1.54, 1.807) is 0 Å². The lowest BCUT2D eigenvalue weighted by atomic mass is 9.85. The van der Waals surface area contributed by atoms with Gasteiger partial charge in [-0.2, -0.15) is 0 Å². The van der Waals surface area contributed by atoms with Gasteiger partial charge in [-0.15, -0.1) is 0 Å². The molecule has 0 spiro atoms. The van der Waals surface area contributed by atoms with E-state index in [9.17, 15) is 0 Å².